The maximum atomic E-state index is 13.9. The lowest BCUT2D eigenvalue weighted by Crippen LogP contribution is -2.55. The third-order valence-electron chi connectivity index (χ3n) is 5.84. The van der Waals surface area contributed by atoms with Crippen molar-refractivity contribution in [3.8, 4) is 22.5 Å². The second-order valence-electron chi connectivity index (χ2n) is 8.98. The minimum Gasteiger partial charge on any atom is -0.339 e. The molecule has 0 N–H and O–H groups in total. The topological polar surface area (TPSA) is 54.3 Å². The van der Waals surface area contributed by atoms with Crippen molar-refractivity contribution >= 4 is 5.91 Å². The molecule has 0 atom stereocenters. The molecule has 1 aliphatic heterocycles. The highest BCUT2D eigenvalue weighted by molar-refractivity contribution is 5.81. The van der Waals surface area contributed by atoms with Gasteiger partial charge in [0.15, 0.2) is 0 Å². The van der Waals surface area contributed by atoms with Crippen molar-refractivity contribution in [1.82, 2.24) is 24.3 Å². The van der Waals surface area contributed by atoms with Gasteiger partial charge < -0.3 is 9.47 Å². The number of rotatable bonds is 4. The van der Waals surface area contributed by atoms with E-state index in [2.05, 4.69) is 35.6 Å². The Morgan fingerprint density at radius 2 is 1.66 bits per heavy atom. The van der Waals surface area contributed by atoms with Crippen LogP contribution in [0.1, 0.15) is 20.8 Å². The van der Waals surface area contributed by atoms with Crippen LogP contribution in [0, 0.1) is 11.8 Å². The fraction of sp³-hybridized carbons (Fsp3) is 0.375. The van der Waals surface area contributed by atoms with E-state index < -0.39 is 5.95 Å². The zero-order valence-electron chi connectivity index (χ0n) is 18.6. The van der Waals surface area contributed by atoms with Crippen molar-refractivity contribution in [2.75, 3.05) is 26.2 Å². The lowest BCUT2D eigenvalue weighted by atomic mass is 10.0. The smallest absolute Gasteiger partial charge is 0.242 e. The molecule has 6 nitrogen and oxygen atoms in total. The zero-order valence-corrected chi connectivity index (χ0v) is 18.6. The van der Waals surface area contributed by atoms with Gasteiger partial charge in [-0.2, -0.15) is 4.39 Å². The Bertz CT molecular complexity index is 1100. The molecule has 2 aromatic heterocycles. The number of imidazole rings is 1. The second kappa shape index (κ2) is 8.78. The van der Waals surface area contributed by atoms with Gasteiger partial charge in [0.05, 0.1) is 17.7 Å². The number of hydrogen-bond acceptors (Lipinski definition) is 4. The van der Waals surface area contributed by atoms with Crippen LogP contribution in [-0.2, 0) is 11.3 Å². The summed E-state index contributed by atoms with van der Waals surface area (Å²) in [5.41, 5.74) is 2.46. The first-order chi connectivity index (χ1) is 15.2. The summed E-state index contributed by atoms with van der Waals surface area (Å²) in [6.07, 6.45) is 2.96. The van der Waals surface area contributed by atoms with Crippen LogP contribution < -0.4 is 0 Å². The fourth-order valence-corrected chi connectivity index (χ4v) is 4.05. The predicted octanol–water partition coefficient (Wildman–Crippen LogP) is 3.83. The van der Waals surface area contributed by atoms with Crippen LogP contribution in [0.4, 0.5) is 8.78 Å². The third kappa shape index (κ3) is 4.70. The number of halogens is 2. The number of hydrogen-bond donors (Lipinski definition) is 0. The maximum absolute atomic E-state index is 13.9. The molecule has 3 heterocycles. The first kappa shape index (κ1) is 22.1. The molecule has 1 aromatic carbocycles. The summed E-state index contributed by atoms with van der Waals surface area (Å²) in [6, 6.07) is 8.94. The van der Waals surface area contributed by atoms with Gasteiger partial charge in [0, 0.05) is 55.1 Å². The standard InChI is InChI=1S/C24H27F2N5O/c1-24(2,3)31-12-10-29(11-13-31)21(32)15-30-16-28-22(17-4-6-19(25)7-5-17)23(30)18-8-9-27-20(26)14-18/h4-9,14,16H,10-13,15H2,1-3H3. The summed E-state index contributed by atoms with van der Waals surface area (Å²) in [6.45, 7) is 9.57. The van der Waals surface area contributed by atoms with Gasteiger partial charge in [0.1, 0.15) is 12.4 Å². The predicted molar refractivity (Wildman–Crippen MR) is 119 cm³/mol. The molecule has 32 heavy (non-hydrogen) atoms. The van der Waals surface area contributed by atoms with Crippen LogP contribution >= 0.6 is 0 Å². The van der Waals surface area contributed by atoms with Gasteiger partial charge >= 0.3 is 0 Å². The molecular weight excluding hydrogens is 412 g/mol. The molecule has 1 saturated heterocycles. The minimum absolute atomic E-state index is 0.0163. The van der Waals surface area contributed by atoms with E-state index in [1.54, 1.807) is 29.1 Å². The van der Waals surface area contributed by atoms with Crippen LogP contribution in [0.25, 0.3) is 22.5 Å². The summed E-state index contributed by atoms with van der Waals surface area (Å²) in [5.74, 6) is -0.989. The molecule has 0 radical (unpaired) electrons. The zero-order chi connectivity index (χ0) is 22.9. The highest BCUT2D eigenvalue weighted by atomic mass is 19.1. The Morgan fingerprint density at radius 3 is 2.28 bits per heavy atom. The molecule has 0 aliphatic carbocycles. The summed E-state index contributed by atoms with van der Waals surface area (Å²) in [5, 5.41) is 0. The van der Waals surface area contributed by atoms with Crippen molar-refractivity contribution in [2.24, 2.45) is 0 Å². The highest BCUT2D eigenvalue weighted by Crippen LogP contribution is 2.31. The molecule has 168 valence electrons. The Hall–Kier alpha value is -3.13. The van der Waals surface area contributed by atoms with Crippen molar-refractivity contribution < 1.29 is 13.6 Å². The number of amides is 1. The third-order valence-corrected chi connectivity index (χ3v) is 5.84. The Balaban J connectivity index is 1.61. The van der Waals surface area contributed by atoms with E-state index >= 15 is 0 Å². The quantitative estimate of drug-likeness (QED) is 0.580. The summed E-state index contributed by atoms with van der Waals surface area (Å²) >= 11 is 0. The van der Waals surface area contributed by atoms with Gasteiger partial charge in [-0.05, 0) is 51.1 Å². The first-order valence-electron chi connectivity index (χ1n) is 10.7. The molecule has 1 amide bonds. The molecule has 0 unspecified atom stereocenters. The molecule has 0 saturated carbocycles. The molecule has 1 aliphatic rings. The number of carbonyl (C=O) groups is 1. The van der Waals surface area contributed by atoms with Gasteiger partial charge in [-0.25, -0.2) is 14.4 Å². The van der Waals surface area contributed by atoms with E-state index in [0.29, 0.717) is 35.6 Å². The normalized spacial score (nSPS) is 15.2. The van der Waals surface area contributed by atoms with Crippen LogP contribution in [0.3, 0.4) is 0 Å². The number of pyridine rings is 1. The Labute approximate surface area is 186 Å². The molecule has 1 fully saturated rings. The van der Waals surface area contributed by atoms with Gasteiger partial charge in [0.2, 0.25) is 11.9 Å². The number of benzene rings is 1. The summed E-state index contributed by atoms with van der Waals surface area (Å²) < 4.78 is 29.0. The molecule has 3 aromatic rings. The molecular formula is C24H27F2N5O. The van der Waals surface area contributed by atoms with Crippen LogP contribution in [0.15, 0.2) is 48.9 Å². The van der Waals surface area contributed by atoms with E-state index in [0.717, 1.165) is 13.1 Å². The minimum atomic E-state index is -0.620. The summed E-state index contributed by atoms with van der Waals surface area (Å²) in [7, 11) is 0. The van der Waals surface area contributed by atoms with E-state index in [-0.39, 0.29) is 23.8 Å². The van der Waals surface area contributed by atoms with Crippen molar-refractivity contribution in [1.29, 1.82) is 0 Å². The number of aromatic nitrogens is 3. The number of piperazine rings is 1. The van der Waals surface area contributed by atoms with Crippen LogP contribution in [0.2, 0.25) is 0 Å². The van der Waals surface area contributed by atoms with Gasteiger partial charge in [-0.3, -0.25) is 9.69 Å². The largest absolute Gasteiger partial charge is 0.339 e. The summed E-state index contributed by atoms with van der Waals surface area (Å²) in [4.78, 5) is 25.4. The Kier molecular flexibility index (Phi) is 6.06. The van der Waals surface area contributed by atoms with Gasteiger partial charge in [-0.1, -0.05) is 0 Å². The van der Waals surface area contributed by atoms with Gasteiger partial charge in [-0.15, -0.1) is 0 Å². The van der Waals surface area contributed by atoms with Gasteiger partial charge in [0.25, 0.3) is 0 Å². The fourth-order valence-electron chi connectivity index (χ4n) is 4.05. The molecule has 0 bridgehead atoms. The SMILES string of the molecule is CC(C)(C)N1CCN(C(=O)Cn2cnc(-c3ccc(F)cc3)c2-c2ccnc(F)c2)CC1. The van der Waals surface area contributed by atoms with E-state index in [1.165, 1.54) is 24.4 Å². The average Bonchev–Trinajstić information content (AvgIpc) is 3.17. The molecule has 4 rings (SSSR count). The van der Waals surface area contributed by atoms with Crippen LogP contribution in [0.5, 0.6) is 0 Å². The number of carbonyl (C=O) groups excluding carboxylic acids is 1. The monoisotopic (exact) mass is 439 g/mol. The first-order valence-corrected chi connectivity index (χ1v) is 10.7. The lowest BCUT2D eigenvalue weighted by molar-refractivity contribution is -0.134. The van der Waals surface area contributed by atoms with E-state index in [9.17, 15) is 13.6 Å². The number of nitrogens with zero attached hydrogens (tertiary/aromatic N) is 5. The van der Waals surface area contributed by atoms with Crippen LogP contribution in [-0.4, -0.2) is 62.0 Å². The second-order valence-corrected chi connectivity index (χ2v) is 8.98. The van der Waals surface area contributed by atoms with E-state index in [1.807, 2.05) is 4.90 Å². The Morgan fingerprint density at radius 1 is 0.969 bits per heavy atom. The average molecular weight is 440 g/mol. The van der Waals surface area contributed by atoms with Crippen molar-refractivity contribution in [3.05, 3.63) is 60.7 Å². The molecule has 0 spiro atoms. The maximum Gasteiger partial charge on any atom is 0.242 e. The van der Waals surface area contributed by atoms with E-state index in [4.69, 9.17) is 0 Å². The van der Waals surface area contributed by atoms with Crippen molar-refractivity contribution in [2.45, 2.75) is 32.9 Å². The lowest BCUT2D eigenvalue weighted by Gasteiger charge is -2.42. The highest BCUT2D eigenvalue weighted by Gasteiger charge is 2.28. The van der Waals surface area contributed by atoms with Crippen molar-refractivity contribution in [3.63, 3.8) is 0 Å². The molecule has 8 heteroatoms.